The second-order valence-corrected chi connectivity index (χ2v) is 3.87. The molecule has 0 unspecified atom stereocenters. The zero-order chi connectivity index (χ0) is 14.0. The third-order valence-corrected chi connectivity index (χ3v) is 2.60. The Morgan fingerprint density at radius 1 is 1.37 bits per heavy atom. The molecule has 0 fully saturated rings. The van der Waals surface area contributed by atoms with Crippen molar-refractivity contribution in [2.75, 3.05) is 0 Å². The summed E-state index contributed by atoms with van der Waals surface area (Å²) in [6.07, 6.45) is -3.55. The van der Waals surface area contributed by atoms with Gasteiger partial charge in [-0.2, -0.15) is 13.2 Å². The highest BCUT2D eigenvalue weighted by molar-refractivity contribution is 5.71. The van der Waals surface area contributed by atoms with Crippen LogP contribution in [0.15, 0.2) is 28.7 Å². The number of aryl methyl sites for hydroxylation is 1. The first-order valence-electron chi connectivity index (χ1n) is 5.58. The Bertz CT molecular complexity index is 602. The van der Waals surface area contributed by atoms with Gasteiger partial charge in [-0.3, -0.25) is 4.79 Å². The molecular formula is C13H10F3NO2. The number of nitrogens with zero attached hydrogens (tertiary/aromatic N) is 1. The zero-order valence-corrected chi connectivity index (χ0v) is 9.99. The van der Waals surface area contributed by atoms with Crippen LogP contribution in [0.3, 0.4) is 0 Å². The molecule has 0 aliphatic heterocycles. The van der Waals surface area contributed by atoms with Crippen molar-refractivity contribution in [1.82, 2.24) is 4.98 Å². The van der Waals surface area contributed by atoms with Gasteiger partial charge in [0.25, 0.3) is 5.89 Å². The van der Waals surface area contributed by atoms with Gasteiger partial charge >= 0.3 is 6.18 Å². The highest BCUT2D eigenvalue weighted by Crippen LogP contribution is 2.33. The van der Waals surface area contributed by atoms with Crippen LogP contribution in [0.1, 0.15) is 28.9 Å². The maximum atomic E-state index is 12.6. The van der Waals surface area contributed by atoms with Crippen molar-refractivity contribution in [3.8, 4) is 11.3 Å². The minimum Gasteiger partial charge on any atom is -0.438 e. The fourth-order valence-electron chi connectivity index (χ4n) is 1.73. The van der Waals surface area contributed by atoms with Crippen molar-refractivity contribution in [3.63, 3.8) is 0 Å². The molecule has 0 saturated carbocycles. The molecule has 0 aliphatic carbocycles. The van der Waals surface area contributed by atoms with Crippen LogP contribution in [-0.2, 0) is 12.6 Å². The fourth-order valence-corrected chi connectivity index (χ4v) is 1.73. The van der Waals surface area contributed by atoms with E-state index in [1.165, 1.54) is 12.1 Å². The average Bonchev–Trinajstić information content (AvgIpc) is 2.81. The van der Waals surface area contributed by atoms with Gasteiger partial charge in [-0.1, -0.05) is 19.1 Å². The highest BCUT2D eigenvalue weighted by atomic mass is 19.4. The van der Waals surface area contributed by atoms with Crippen LogP contribution in [0, 0.1) is 0 Å². The predicted molar refractivity (Wildman–Crippen MR) is 61.7 cm³/mol. The maximum Gasteiger partial charge on any atom is 0.416 e. The summed E-state index contributed by atoms with van der Waals surface area (Å²) >= 11 is 0. The van der Waals surface area contributed by atoms with Gasteiger partial charge in [0.1, 0.15) is 11.5 Å². The van der Waals surface area contributed by atoms with E-state index >= 15 is 0 Å². The van der Waals surface area contributed by atoms with Gasteiger partial charge in [0.2, 0.25) is 6.29 Å². The molecule has 100 valence electrons. The van der Waals surface area contributed by atoms with Gasteiger partial charge in [0.15, 0.2) is 0 Å². The summed E-state index contributed by atoms with van der Waals surface area (Å²) in [5.41, 5.74) is -0.207. The fraction of sp³-hybridized carbons (Fsp3) is 0.231. The van der Waals surface area contributed by atoms with Crippen molar-refractivity contribution >= 4 is 6.29 Å². The lowest BCUT2D eigenvalue weighted by atomic mass is 10.1. The number of halogens is 3. The first-order chi connectivity index (χ1) is 8.95. The summed E-state index contributed by atoms with van der Waals surface area (Å²) in [6.45, 7) is 1.77. The molecule has 1 aromatic heterocycles. The topological polar surface area (TPSA) is 43.1 Å². The minimum absolute atomic E-state index is 0.135. The van der Waals surface area contributed by atoms with Crippen LogP contribution in [0.4, 0.5) is 13.2 Å². The van der Waals surface area contributed by atoms with E-state index in [4.69, 9.17) is 4.42 Å². The molecule has 0 N–H and O–H groups in total. The summed E-state index contributed by atoms with van der Waals surface area (Å²) in [4.78, 5) is 14.5. The summed E-state index contributed by atoms with van der Waals surface area (Å²) in [6, 6.07) is 4.77. The predicted octanol–water partition coefficient (Wildman–Crippen LogP) is 3.74. The number of hydrogen-bond acceptors (Lipinski definition) is 3. The van der Waals surface area contributed by atoms with E-state index in [-0.39, 0.29) is 17.1 Å². The van der Waals surface area contributed by atoms with E-state index in [0.717, 1.165) is 12.1 Å². The molecule has 0 saturated heterocycles. The van der Waals surface area contributed by atoms with E-state index in [9.17, 15) is 18.0 Å². The lowest BCUT2D eigenvalue weighted by Crippen LogP contribution is -2.04. The quantitative estimate of drug-likeness (QED) is 0.797. The molecule has 1 heterocycles. The van der Waals surface area contributed by atoms with Crippen molar-refractivity contribution in [2.45, 2.75) is 19.5 Å². The summed E-state index contributed by atoms with van der Waals surface area (Å²) < 4.78 is 43.0. The molecule has 19 heavy (non-hydrogen) atoms. The van der Waals surface area contributed by atoms with Gasteiger partial charge in [-0.05, 0) is 12.1 Å². The summed E-state index contributed by atoms with van der Waals surface area (Å²) in [7, 11) is 0. The third kappa shape index (κ3) is 2.67. The minimum atomic E-state index is -4.42. The van der Waals surface area contributed by atoms with Crippen LogP contribution in [-0.4, -0.2) is 11.3 Å². The Kier molecular flexibility index (Phi) is 3.42. The largest absolute Gasteiger partial charge is 0.438 e. The number of carbonyl (C=O) groups is 1. The number of rotatable bonds is 3. The van der Waals surface area contributed by atoms with Gasteiger partial charge in [-0.25, -0.2) is 4.98 Å². The SMILES string of the molecule is CCc1oc(C=O)nc1-c1cccc(C(F)(F)F)c1. The number of carbonyl (C=O) groups excluding carboxylic acids is 1. The molecule has 1 aromatic carbocycles. The Labute approximate surface area is 107 Å². The van der Waals surface area contributed by atoms with Crippen molar-refractivity contribution < 1.29 is 22.4 Å². The van der Waals surface area contributed by atoms with Crippen LogP contribution < -0.4 is 0 Å². The van der Waals surface area contributed by atoms with E-state index in [1.54, 1.807) is 6.92 Å². The third-order valence-electron chi connectivity index (χ3n) is 2.60. The van der Waals surface area contributed by atoms with E-state index < -0.39 is 11.7 Å². The lowest BCUT2D eigenvalue weighted by molar-refractivity contribution is -0.137. The number of benzene rings is 1. The number of hydrogen-bond donors (Lipinski definition) is 0. The van der Waals surface area contributed by atoms with Gasteiger partial charge in [-0.15, -0.1) is 0 Å². The number of oxazole rings is 1. The zero-order valence-electron chi connectivity index (χ0n) is 9.99. The summed E-state index contributed by atoms with van der Waals surface area (Å²) in [5, 5.41) is 0. The van der Waals surface area contributed by atoms with E-state index in [0.29, 0.717) is 18.5 Å². The Balaban J connectivity index is 2.53. The van der Waals surface area contributed by atoms with Crippen LogP contribution in [0.5, 0.6) is 0 Å². The van der Waals surface area contributed by atoms with Gasteiger partial charge in [0, 0.05) is 12.0 Å². The standard InChI is InChI=1S/C13H10F3NO2/c1-2-10-12(17-11(7-18)19-10)8-4-3-5-9(6-8)13(14,15)16/h3-7H,2H2,1H3. The summed E-state index contributed by atoms with van der Waals surface area (Å²) in [5.74, 6) is 0.255. The lowest BCUT2D eigenvalue weighted by Gasteiger charge is -2.07. The molecule has 0 spiro atoms. The van der Waals surface area contributed by atoms with Crippen LogP contribution in [0.2, 0.25) is 0 Å². The molecule has 3 nitrogen and oxygen atoms in total. The van der Waals surface area contributed by atoms with E-state index in [2.05, 4.69) is 4.98 Å². The molecule has 2 aromatic rings. The Morgan fingerprint density at radius 3 is 2.68 bits per heavy atom. The molecular weight excluding hydrogens is 259 g/mol. The second-order valence-electron chi connectivity index (χ2n) is 3.87. The van der Waals surface area contributed by atoms with E-state index in [1.807, 2.05) is 0 Å². The Morgan fingerprint density at radius 2 is 2.11 bits per heavy atom. The van der Waals surface area contributed by atoms with Gasteiger partial charge in [0.05, 0.1) is 5.56 Å². The van der Waals surface area contributed by atoms with Crippen molar-refractivity contribution in [3.05, 3.63) is 41.5 Å². The Hall–Kier alpha value is -2.11. The van der Waals surface area contributed by atoms with Crippen molar-refractivity contribution in [1.29, 1.82) is 0 Å². The molecule has 0 bridgehead atoms. The molecule has 6 heteroatoms. The van der Waals surface area contributed by atoms with Crippen molar-refractivity contribution in [2.24, 2.45) is 0 Å². The average molecular weight is 269 g/mol. The second kappa shape index (κ2) is 4.87. The van der Waals surface area contributed by atoms with Gasteiger partial charge < -0.3 is 4.42 Å². The molecule has 0 aliphatic rings. The molecule has 2 rings (SSSR count). The molecule has 0 amide bonds. The van der Waals surface area contributed by atoms with Crippen LogP contribution >= 0.6 is 0 Å². The maximum absolute atomic E-state index is 12.6. The smallest absolute Gasteiger partial charge is 0.416 e. The first kappa shape index (κ1) is 13.3. The first-order valence-corrected chi connectivity index (χ1v) is 5.58. The number of aldehydes is 1. The molecule has 0 radical (unpaired) electrons. The highest BCUT2D eigenvalue weighted by Gasteiger charge is 2.30. The number of aromatic nitrogens is 1. The van der Waals surface area contributed by atoms with Crippen LogP contribution in [0.25, 0.3) is 11.3 Å². The molecule has 0 atom stereocenters. The monoisotopic (exact) mass is 269 g/mol. The normalized spacial score (nSPS) is 11.6. The number of alkyl halides is 3.